The van der Waals surface area contributed by atoms with Crippen LogP contribution in [0.5, 0.6) is 5.75 Å². The molecule has 2 aromatic heterocycles. The third kappa shape index (κ3) is 3.85. The van der Waals surface area contributed by atoms with Gasteiger partial charge in [0.05, 0.1) is 10.4 Å². The standard InChI is InChI=1S/C16H12N2O5S/c19-8-11-4-1-2-5-12(11)21-10-15(20)22-9-14-17-16(18-23-14)13-6-3-7-24-13/h1-8H,9-10H2. The van der Waals surface area contributed by atoms with E-state index in [1.807, 2.05) is 17.5 Å². The number of hydrogen-bond donors (Lipinski definition) is 0. The molecular formula is C16H12N2O5S. The highest BCUT2D eigenvalue weighted by atomic mass is 32.1. The summed E-state index contributed by atoms with van der Waals surface area (Å²) in [5, 5.41) is 5.72. The van der Waals surface area contributed by atoms with E-state index in [1.54, 1.807) is 24.3 Å². The summed E-state index contributed by atoms with van der Waals surface area (Å²) in [4.78, 5) is 27.6. The fraction of sp³-hybridized carbons (Fsp3) is 0.125. The number of carbonyl (C=O) groups is 2. The zero-order valence-electron chi connectivity index (χ0n) is 12.4. The van der Waals surface area contributed by atoms with Crippen molar-refractivity contribution in [1.29, 1.82) is 0 Å². The summed E-state index contributed by atoms with van der Waals surface area (Å²) < 4.78 is 15.3. The van der Waals surface area contributed by atoms with Crippen molar-refractivity contribution in [3.8, 4) is 16.5 Å². The molecule has 3 rings (SSSR count). The van der Waals surface area contributed by atoms with Crippen LogP contribution in [0.4, 0.5) is 0 Å². The first-order valence-electron chi connectivity index (χ1n) is 6.95. The molecule has 1 aromatic carbocycles. The monoisotopic (exact) mass is 344 g/mol. The van der Waals surface area contributed by atoms with Crippen LogP contribution < -0.4 is 4.74 Å². The maximum atomic E-state index is 11.7. The van der Waals surface area contributed by atoms with Crippen molar-refractivity contribution < 1.29 is 23.6 Å². The normalized spacial score (nSPS) is 10.3. The minimum atomic E-state index is -0.605. The lowest BCUT2D eigenvalue weighted by Crippen LogP contribution is -2.15. The fourth-order valence-electron chi connectivity index (χ4n) is 1.85. The molecule has 0 aliphatic rings. The summed E-state index contributed by atoms with van der Waals surface area (Å²) in [5.74, 6) is 0.362. The van der Waals surface area contributed by atoms with E-state index >= 15 is 0 Å². The lowest BCUT2D eigenvalue weighted by atomic mass is 10.2. The smallest absolute Gasteiger partial charge is 0.344 e. The first kappa shape index (κ1) is 15.9. The van der Waals surface area contributed by atoms with Gasteiger partial charge in [0.2, 0.25) is 5.82 Å². The van der Waals surface area contributed by atoms with Crippen molar-refractivity contribution in [2.24, 2.45) is 0 Å². The molecule has 0 amide bonds. The number of hydrogen-bond acceptors (Lipinski definition) is 8. The van der Waals surface area contributed by atoms with E-state index in [9.17, 15) is 9.59 Å². The second kappa shape index (κ2) is 7.51. The number of carbonyl (C=O) groups excluding carboxylic acids is 2. The predicted molar refractivity (Wildman–Crippen MR) is 84.7 cm³/mol. The summed E-state index contributed by atoms with van der Waals surface area (Å²) in [6.07, 6.45) is 0.658. The van der Waals surface area contributed by atoms with E-state index in [4.69, 9.17) is 14.0 Å². The van der Waals surface area contributed by atoms with Gasteiger partial charge >= 0.3 is 5.97 Å². The number of nitrogens with zero attached hydrogens (tertiary/aromatic N) is 2. The molecule has 122 valence electrons. The quantitative estimate of drug-likeness (QED) is 0.480. The lowest BCUT2D eigenvalue weighted by Gasteiger charge is -2.07. The average Bonchev–Trinajstić information content (AvgIpc) is 3.29. The molecule has 0 spiro atoms. The van der Waals surface area contributed by atoms with Crippen LogP contribution in [0.3, 0.4) is 0 Å². The first-order chi connectivity index (χ1) is 11.8. The summed E-state index contributed by atoms with van der Waals surface area (Å²) in [7, 11) is 0. The van der Waals surface area contributed by atoms with E-state index in [0.29, 0.717) is 23.4 Å². The molecule has 3 aromatic rings. The Morgan fingerprint density at radius 2 is 2.12 bits per heavy atom. The van der Waals surface area contributed by atoms with E-state index in [-0.39, 0.29) is 19.1 Å². The van der Waals surface area contributed by atoms with E-state index in [2.05, 4.69) is 10.1 Å². The zero-order valence-corrected chi connectivity index (χ0v) is 13.2. The largest absolute Gasteiger partial charge is 0.481 e. The van der Waals surface area contributed by atoms with E-state index < -0.39 is 5.97 Å². The predicted octanol–water partition coefficient (Wildman–Crippen LogP) is 2.73. The summed E-state index contributed by atoms with van der Waals surface area (Å²) in [6, 6.07) is 10.3. The Bertz CT molecular complexity index is 829. The fourth-order valence-corrected chi connectivity index (χ4v) is 2.50. The van der Waals surface area contributed by atoms with Gasteiger partial charge in [0, 0.05) is 0 Å². The summed E-state index contributed by atoms with van der Waals surface area (Å²) >= 11 is 1.48. The van der Waals surface area contributed by atoms with Gasteiger partial charge in [-0.1, -0.05) is 23.4 Å². The maximum Gasteiger partial charge on any atom is 0.344 e. The molecule has 0 aliphatic carbocycles. The van der Waals surface area contributed by atoms with Crippen LogP contribution in [-0.4, -0.2) is 29.0 Å². The molecular weight excluding hydrogens is 332 g/mol. The van der Waals surface area contributed by atoms with Crippen LogP contribution in [0, 0.1) is 0 Å². The van der Waals surface area contributed by atoms with Crippen LogP contribution >= 0.6 is 11.3 Å². The van der Waals surface area contributed by atoms with Crippen LogP contribution in [0.1, 0.15) is 16.2 Å². The first-order valence-corrected chi connectivity index (χ1v) is 7.83. The minimum Gasteiger partial charge on any atom is -0.481 e. The molecule has 0 radical (unpaired) electrons. The Labute approximate surface area is 140 Å². The SMILES string of the molecule is O=Cc1ccccc1OCC(=O)OCc1nc(-c2cccs2)no1. The maximum absolute atomic E-state index is 11.7. The topological polar surface area (TPSA) is 91.5 Å². The van der Waals surface area contributed by atoms with Crippen molar-refractivity contribution in [2.75, 3.05) is 6.61 Å². The number of thiophene rings is 1. The van der Waals surface area contributed by atoms with Crippen molar-refractivity contribution in [2.45, 2.75) is 6.61 Å². The Hall–Kier alpha value is -3.00. The molecule has 8 heteroatoms. The van der Waals surface area contributed by atoms with Crippen molar-refractivity contribution in [1.82, 2.24) is 10.1 Å². The number of esters is 1. The second-order valence-electron chi connectivity index (χ2n) is 4.59. The second-order valence-corrected chi connectivity index (χ2v) is 5.54. The highest BCUT2D eigenvalue weighted by Gasteiger charge is 2.12. The molecule has 24 heavy (non-hydrogen) atoms. The minimum absolute atomic E-state index is 0.143. The molecule has 0 fully saturated rings. The van der Waals surface area contributed by atoms with E-state index in [0.717, 1.165) is 4.88 Å². The zero-order chi connectivity index (χ0) is 16.8. The summed E-state index contributed by atoms with van der Waals surface area (Å²) in [5.41, 5.74) is 0.364. The van der Waals surface area contributed by atoms with Gasteiger partial charge < -0.3 is 14.0 Å². The van der Waals surface area contributed by atoms with Crippen molar-refractivity contribution in [3.05, 3.63) is 53.2 Å². The highest BCUT2D eigenvalue weighted by molar-refractivity contribution is 7.13. The van der Waals surface area contributed by atoms with E-state index in [1.165, 1.54) is 11.3 Å². The van der Waals surface area contributed by atoms with Crippen LogP contribution in [0.2, 0.25) is 0 Å². The molecule has 7 nitrogen and oxygen atoms in total. The number of rotatable bonds is 7. The van der Waals surface area contributed by atoms with Gasteiger partial charge in [-0.05, 0) is 23.6 Å². The Balaban J connectivity index is 1.50. The molecule has 0 saturated carbocycles. The lowest BCUT2D eigenvalue weighted by molar-refractivity contribution is -0.148. The van der Waals surface area contributed by atoms with Gasteiger partial charge in [0.1, 0.15) is 5.75 Å². The van der Waals surface area contributed by atoms with Crippen molar-refractivity contribution in [3.63, 3.8) is 0 Å². The molecule has 0 aliphatic heterocycles. The van der Waals surface area contributed by atoms with Crippen LogP contribution in [0.15, 0.2) is 46.3 Å². The third-order valence-electron chi connectivity index (χ3n) is 2.96. The van der Waals surface area contributed by atoms with Gasteiger partial charge in [-0.25, -0.2) is 4.79 Å². The van der Waals surface area contributed by atoms with Crippen LogP contribution in [-0.2, 0) is 16.1 Å². The third-order valence-corrected chi connectivity index (χ3v) is 3.82. The number of aromatic nitrogens is 2. The molecule has 0 unspecified atom stereocenters. The average molecular weight is 344 g/mol. The molecule has 0 N–H and O–H groups in total. The summed E-state index contributed by atoms with van der Waals surface area (Å²) in [6.45, 7) is -0.466. The van der Waals surface area contributed by atoms with Gasteiger partial charge in [-0.2, -0.15) is 4.98 Å². The number of benzene rings is 1. The van der Waals surface area contributed by atoms with Crippen LogP contribution in [0.25, 0.3) is 10.7 Å². The van der Waals surface area contributed by atoms with Gasteiger partial charge in [-0.15, -0.1) is 11.3 Å². The number of aldehydes is 1. The van der Waals surface area contributed by atoms with Gasteiger partial charge in [0.25, 0.3) is 5.89 Å². The molecule has 0 saturated heterocycles. The highest BCUT2D eigenvalue weighted by Crippen LogP contribution is 2.21. The number of para-hydroxylation sites is 1. The Morgan fingerprint density at radius 1 is 1.25 bits per heavy atom. The Morgan fingerprint density at radius 3 is 2.92 bits per heavy atom. The van der Waals surface area contributed by atoms with Crippen molar-refractivity contribution >= 4 is 23.6 Å². The molecule has 2 heterocycles. The van der Waals surface area contributed by atoms with Gasteiger partial charge in [0.15, 0.2) is 19.5 Å². The number of ether oxygens (including phenoxy) is 2. The molecule has 0 atom stereocenters. The molecule has 0 bridgehead atoms. The van der Waals surface area contributed by atoms with Gasteiger partial charge in [-0.3, -0.25) is 4.79 Å². The Kier molecular flexibility index (Phi) is 4.97.